The van der Waals surface area contributed by atoms with Crippen molar-refractivity contribution in [1.29, 1.82) is 0 Å². The highest BCUT2D eigenvalue weighted by molar-refractivity contribution is 5.76. The van der Waals surface area contributed by atoms with E-state index in [9.17, 15) is 4.79 Å². The van der Waals surface area contributed by atoms with E-state index in [-0.39, 0.29) is 5.91 Å². The summed E-state index contributed by atoms with van der Waals surface area (Å²) in [7, 11) is 1.65. The number of amides is 1. The molecule has 122 valence electrons. The number of benzene rings is 2. The van der Waals surface area contributed by atoms with Crippen molar-refractivity contribution in [3.8, 4) is 5.75 Å². The van der Waals surface area contributed by atoms with E-state index in [1.54, 1.807) is 7.11 Å². The van der Waals surface area contributed by atoms with E-state index >= 15 is 0 Å². The predicted octanol–water partition coefficient (Wildman–Crippen LogP) is 3.94. The van der Waals surface area contributed by atoms with Crippen molar-refractivity contribution in [2.75, 3.05) is 13.7 Å². The van der Waals surface area contributed by atoms with Gasteiger partial charge < -0.3 is 10.1 Å². The molecule has 0 aromatic heterocycles. The van der Waals surface area contributed by atoms with Crippen LogP contribution in [-0.2, 0) is 11.2 Å². The van der Waals surface area contributed by atoms with Gasteiger partial charge in [0.15, 0.2) is 0 Å². The van der Waals surface area contributed by atoms with Crippen molar-refractivity contribution in [3.63, 3.8) is 0 Å². The highest BCUT2D eigenvalue weighted by atomic mass is 16.5. The Labute approximate surface area is 138 Å². The Bertz CT molecular complexity index is 593. The van der Waals surface area contributed by atoms with Gasteiger partial charge in [0.2, 0.25) is 5.91 Å². The van der Waals surface area contributed by atoms with E-state index in [1.165, 1.54) is 5.56 Å². The fourth-order valence-corrected chi connectivity index (χ4v) is 2.60. The highest BCUT2D eigenvalue weighted by Crippen LogP contribution is 2.18. The molecule has 0 aliphatic heterocycles. The Balaban J connectivity index is 1.77. The molecular formula is C20H25NO2. The molecule has 0 fully saturated rings. The summed E-state index contributed by atoms with van der Waals surface area (Å²) >= 11 is 0. The van der Waals surface area contributed by atoms with E-state index < -0.39 is 0 Å². The lowest BCUT2D eigenvalue weighted by molar-refractivity contribution is -0.121. The van der Waals surface area contributed by atoms with Crippen LogP contribution in [0.15, 0.2) is 54.6 Å². The van der Waals surface area contributed by atoms with Gasteiger partial charge in [-0.3, -0.25) is 4.79 Å². The van der Waals surface area contributed by atoms with E-state index in [0.717, 1.165) is 24.2 Å². The van der Waals surface area contributed by atoms with Gasteiger partial charge in [-0.15, -0.1) is 0 Å². The summed E-state index contributed by atoms with van der Waals surface area (Å²) in [4.78, 5) is 12.1. The summed E-state index contributed by atoms with van der Waals surface area (Å²) in [5.41, 5.74) is 2.43. The van der Waals surface area contributed by atoms with E-state index in [4.69, 9.17) is 4.74 Å². The first-order valence-electron chi connectivity index (χ1n) is 8.17. The normalized spacial score (nSPS) is 11.7. The second-order valence-electron chi connectivity index (χ2n) is 5.67. The van der Waals surface area contributed by atoms with Crippen LogP contribution >= 0.6 is 0 Å². The van der Waals surface area contributed by atoms with Crippen LogP contribution in [0.1, 0.15) is 36.8 Å². The van der Waals surface area contributed by atoms with Crippen LogP contribution in [0, 0.1) is 0 Å². The molecule has 2 rings (SSSR count). The smallest absolute Gasteiger partial charge is 0.220 e. The van der Waals surface area contributed by atoms with Crippen molar-refractivity contribution >= 4 is 5.91 Å². The molecule has 1 amide bonds. The minimum absolute atomic E-state index is 0.107. The predicted molar refractivity (Wildman–Crippen MR) is 93.8 cm³/mol. The van der Waals surface area contributed by atoms with Crippen LogP contribution in [0.2, 0.25) is 0 Å². The minimum Gasteiger partial charge on any atom is -0.497 e. The third-order valence-corrected chi connectivity index (χ3v) is 4.11. The van der Waals surface area contributed by atoms with Gasteiger partial charge >= 0.3 is 0 Å². The average Bonchev–Trinajstić information content (AvgIpc) is 2.62. The molecule has 3 heteroatoms. The number of carbonyl (C=O) groups excluding carboxylic acids is 1. The zero-order valence-corrected chi connectivity index (χ0v) is 13.9. The van der Waals surface area contributed by atoms with Crippen LogP contribution in [0.4, 0.5) is 0 Å². The summed E-state index contributed by atoms with van der Waals surface area (Å²) in [6.07, 6.45) is 2.28. The molecule has 0 heterocycles. The zero-order chi connectivity index (χ0) is 16.5. The SMILES string of the molecule is CCC(CNC(=O)CCc1ccc(OC)cc1)c1ccccc1. The molecule has 0 saturated carbocycles. The summed E-state index contributed by atoms with van der Waals surface area (Å²) in [6.45, 7) is 2.85. The third kappa shape index (κ3) is 5.44. The molecule has 0 spiro atoms. The van der Waals surface area contributed by atoms with Gasteiger partial charge in [-0.2, -0.15) is 0 Å². The number of nitrogens with one attached hydrogen (secondary N) is 1. The Morgan fingerprint density at radius 2 is 1.78 bits per heavy atom. The second kappa shape index (κ2) is 8.99. The lowest BCUT2D eigenvalue weighted by Crippen LogP contribution is -2.28. The largest absolute Gasteiger partial charge is 0.497 e. The standard InChI is InChI=1S/C20H25NO2/c1-3-17(18-7-5-4-6-8-18)15-21-20(22)14-11-16-9-12-19(23-2)13-10-16/h4-10,12-13,17H,3,11,14-15H2,1-2H3,(H,21,22). The first-order chi connectivity index (χ1) is 11.2. The van der Waals surface area contributed by atoms with Gasteiger partial charge in [0.25, 0.3) is 0 Å². The molecule has 1 unspecified atom stereocenters. The zero-order valence-electron chi connectivity index (χ0n) is 13.9. The van der Waals surface area contributed by atoms with E-state index in [1.807, 2.05) is 42.5 Å². The maximum absolute atomic E-state index is 12.1. The van der Waals surface area contributed by atoms with Gasteiger partial charge in [0.05, 0.1) is 7.11 Å². The van der Waals surface area contributed by atoms with Gasteiger partial charge in [-0.25, -0.2) is 0 Å². The number of hydrogen-bond donors (Lipinski definition) is 1. The van der Waals surface area contributed by atoms with Crippen molar-refractivity contribution in [2.24, 2.45) is 0 Å². The van der Waals surface area contributed by atoms with Crippen LogP contribution in [0.3, 0.4) is 0 Å². The fourth-order valence-electron chi connectivity index (χ4n) is 2.60. The molecule has 0 aliphatic rings. The first-order valence-corrected chi connectivity index (χ1v) is 8.17. The lowest BCUT2D eigenvalue weighted by Gasteiger charge is -2.16. The van der Waals surface area contributed by atoms with Gasteiger partial charge in [-0.1, -0.05) is 49.4 Å². The first kappa shape index (κ1) is 17.1. The van der Waals surface area contributed by atoms with Crippen LogP contribution in [-0.4, -0.2) is 19.6 Å². The third-order valence-electron chi connectivity index (χ3n) is 4.11. The highest BCUT2D eigenvalue weighted by Gasteiger charge is 2.10. The number of ether oxygens (including phenoxy) is 1. The quantitative estimate of drug-likeness (QED) is 0.802. The number of rotatable bonds is 8. The molecule has 0 radical (unpaired) electrons. The lowest BCUT2D eigenvalue weighted by atomic mass is 9.96. The van der Waals surface area contributed by atoms with Crippen LogP contribution in [0.5, 0.6) is 5.75 Å². The molecule has 2 aromatic carbocycles. The maximum Gasteiger partial charge on any atom is 0.220 e. The van der Waals surface area contributed by atoms with Gasteiger partial charge in [0, 0.05) is 18.9 Å². The van der Waals surface area contributed by atoms with Crippen LogP contribution in [0.25, 0.3) is 0 Å². The molecule has 2 aromatic rings. The van der Waals surface area contributed by atoms with Gasteiger partial charge in [0.1, 0.15) is 5.75 Å². The summed E-state index contributed by atoms with van der Waals surface area (Å²) in [5, 5.41) is 3.06. The van der Waals surface area contributed by atoms with Gasteiger partial charge in [-0.05, 0) is 36.1 Å². The summed E-state index contributed by atoms with van der Waals surface area (Å²) in [6, 6.07) is 18.2. The topological polar surface area (TPSA) is 38.3 Å². The van der Waals surface area contributed by atoms with Crippen molar-refractivity contribution in [2.45, 2.75) is 32.1 Å². The molecule has 0 aliphatic carbocycles. The molecule has 1 N–H and O–H groups in total. The van der Waals surface area contributed by atoms with E-state index in [2.05, 4.69) is 24.4 Å². The summed E-state index contributed by atoms with van der Waals surface area (Å²) < 4.78 is 5.13. The Morgan fingerprint density at radius 1 is 1.09 bits per heavy atom. The molecular weight excluding hydrogens is 286 g/mol. The maximum atomic E-state index is 12.1. The minimum atomic E-state index is 0.107. The fraction of sp³-hybridized carbons (Fsp3) is 0.350. The van der Waals surface area contributed by atoms with E-state index in [0.29, 0.717) is 18.9 Å². The summed E-state index contributed by atoms with van der Waals surface area (Å²) in [5.74, 6) is 1.32. The molecule has 23 heavy (non-hydrogen) atoms. The van der Waals surface area contributed by atoms with Crippen molar-refractivity contribution in [1.82, 2.24) is 5.32 Å². The number of carbonyl (C=O) groups is 1. The Kier molecular flexibility index (Phi) is 6.67. The second-order valence-corrected chi connectivity index (χ2v) is 5.67. The monoisotopic (exact) mass is 311 g/mol. The molecule has 3 nitrogen and oxygen atoms in total. The Morgan fingerprint density at radius 3 is 2.39 bits per heavy atom. The van der Waals surface area contributed by atoms with Crippen LogP contribution < -0.4 is 10.1 Å². The van der Waals surface area contributed by atoms with Crippen molar-refractivity contribution < 1.29 is 9.53 Å². The number of hydrogen-bond acceptors (Lipinski definition) is 2. The van der Waals surface area contributed by atoms with Crippen molar-refractivity contribution in [3.05, 3.63) is 65.7 Å². The average molecular weight is 311 g/mol. The Hall–Kier alpha value is -2.29. The molecule has 0 saturated heterocycles. The molecule has 1 atom stereocenters. The molecule has 0 bridgehead atoms. The number of aryl methyl sites for hydroxylation is 1. The number of methoxy groups -OCH3 is 1.